The molecule has 132 valence electrons. The van der Waals surface area contributed by atoms with Crippen molar-refractivity contribution in [3.05, 3.63) is 0 Å². The summed E-state index contributed by atoms with van der Waals surface area (Å²) < 4.78 is 0. The van der Waals surface area contributed by atoms with Crippen LogP contribution >= 0.6 is 0 Å². The van der Waals surface area contributed by atoms with E-state index in [0.29, 0.717) is 12.0 Å². The van der Waals surface area contributed by atoms with Crippen LogP contribution < -0.4 is 10.6 Å². The Balaban J connectivity index is 2.02. The van der Waals surface area contributed by atoms with Crippen molar-refractivity contribution in [2.45, 2.75) is 65.2 Å². The number of amides is 1. The lowest BCUT2D eigenvalue weighted by molar-refractivity contribution is -0.119. The van der Waals surface area contributed by atoms with E-state index in [-0.39, 0.29) is 12.5 Å². The summed E-state index contributed by atoms with van der Waals surface area (Å²) in [5.74, 6) is 0.922. The van der Waals surface area contributed by atoms with Gasteiger partial charge in [0.2, 0.25) is 5.91 Å². The third-order valence-corrected chi connectivity index (χ3v) is 5.21. The number of hydrogen-bond donors (Lipinski definition) is 2. The van der Waals surface area contributed by atoms with E-state index in [0.717, 1.165) is 25.6 Å². The van der Waals surface area contributed by atoms with E-state index < -0.39 is 0 Å². The van der Waals surface area contributed by atoms with Gasteiger partial charge in [-0.3, -0.25) is 4.79 Å². The first-order valence-corrected chi connectivity index (χ1v) is 9.49. The highest BCUT2D eigenvalue weighted by molar-refractivity contribution is 5.85. The second-order valence-corrected chi connectivity index (χ2v) is 7.06. The third-order valence-electron chi connectivity index (χ3n) is 5.21. The molecule has 1 aliphatic carbocycles. The first-order chi connectivity index (χ1) is 11.2. The number of nitrogens with one attached hydrogen (secondary N) is 2. The normalized spacial score (nSPS) is 21.8. The molecule has 23 heavy (non-hydrogen) atoms. The molecule has 0 aromatic rings. The Labute approximate surface area is 141 Å². The van der Waals surface area contributed by atoms with Crippen LogP contribution in [0.2, 0.25) is 0 Å². The smallest absolute Gasteiger partial charge is 0.241 e. The average molecular weight is 322 g/mol. The highest BCUT2D eigenvalue weighted by atomic mass is 16.1. The quantitative estimate of drug-likeness (QED) is 0.618. The van der Waals surface area contributed by atoms with Crippen molar-refractivity contribution in [1.82, 2.24) is 15.5 Å². The van der Waals surface area contributed by atoms with E-state index in [2.05, 4.69) is 27.4 Å². The van der Waals surface area contributed by atoms with Crippen LogP contribution in [0.5, 0.6) is 0 Å². The molecule has 1 heterocycles. The molecule has 1 saturated carbocycles. The molecule has 1 saturated heterocycles. The molecule has 5 nitrogen and oxygen atoms in total. The van der Waals surface area contributed by atoms with Gasteiger partial charge in [0.1, 0.15) is 6.54 Å². The summed E-state index contributed by atoms with van der Waals surface area (Å²) in [6.07, 6.45) is 10.9. The first kappa shape index (κ1) is 18.1. The molecule has 0 aromatic heterocycles. The molecule has 1 amide bonds. The second-order valence-electron chi connectivity index (χ2n) is 7.06. The molecule has 5 heteroatoms. The van der Waals surface area contributed by atoms with Gasteiger partial charge in [-0.1, -0.05) is 25.7 Å². The van der Waals surface area contributed by atoms with E-state index >= 15 is 0 Å². The Hall–Kier alpha value is -1.26. The van der Waals surface area contributed by atoms with Gasteiger partial charge in [-0.05, 0) is 44.9 Å². The Morgan fingerprint density at radius 3 is 2.30 bits per heavy atom. The van der Waals surface area contributed by atoms with Crippen LogP contribution in [0.3, 0.4) is 0 Å². The van der Waals surface area contributed by atoms with E-state index in [9.17, 15) is 4.79 Å². The van der Waals surface area contributed by atoms with Gasteiger partial charge in [-0.25, -0.2) is 4.99 Å². The fourth-order valence-corrected chi connectivity index (χ4v) is 4.10. The summed E-state index contributed by atoms with van der Waals surface area (Å²) >= 11 is 0. The molecular formula is C18H34N4O. The number of likely N-dealkylation sites (N-methyl/N-ethyl adjacent to an activating group) is 1. The molecule has 0 unspecified atom stereocenters. The molecule has 2 fully saturated rings. The fourth-order valence-electron chi connectivity index (χ4n) is 4.10. The second kappa shape index (κ2) is 9.14. The predicted molar refractivity (Wildman–Crippen MR) is 95.6 cm³/mol. The number of carbonyl (C=O) groups excluding carboxylic acids is 1. The summed E-state index contributed by atoms with van der Waals surface area (Å²) in [6.45, 7) is 7.92. The van der Waals surface area contributed by atoms with Crippen molar-refractivity contribution in [3.63, 3.8) is 0 Å². The van der Waals surface area contributed by atoms with Gasteiger partial charge in [-0.15, -0.1) is 0 Å². The first-order valence-electron chi connectivity index (χ1n) is 9.49. The summed E-state index contributed by atoms with van der Waals surface area (Å²) in [5.41, 5.74) is 0.483. The van der Waals surface area contributed by atoms with E-state index in [1.807, 2.05) is 6.92 Å². The van der Waals surface area contributed by atoms with Crippen LogP contribution in [0.1, 0.15) is 65.2 Å². The lowest BCUT2D eigenvalue weighted by Crippen LogP contribution is -2.50. The molecule has 0 radical (unpaired) electrons. The van der Waals surface area contributed by atoms with Gasteiger partial charge in [-0.2, -0.15) is 0 Å². The van der Waals surface area contributed by atoms with Crippen LogP contribution in [0.25, 0.3) is 0 Å². The zero-order valence-corrected chi connectivity index (χ0v) is 15.0. The highest BCUT2D eigenvalue weighted by Crippen LogP contribution is 2.42. The monoisotopic (exact) mass is 322 g/mol. The van der Waals surface area contributed by atoms with Crippen molar-refractivity contribution in [1.29, 1.82) is 0 Å². The zero-order chi connectivity index (χ0) is 16.5. The van der Waals surface area contributed by atoms with Gasteiger partial charge < -0.3 is 15.5 Å². The van der Waals surface area contributed by atoms with Crippen molar-refractivity contribution in [2.75, 3.05) is 32.7 Å². The predicted octanol–water partition coefficient (Wildman–Crippen LogP) is 2.52. The summed E-state index contributed by atoms with van der Waals surface area (Å²) in [6, 6.07) is 0. The third kappa shape index (κ3) is 5.40. The van der Waals surface area contributed by atoms with Crippen molar-refractivity contribution >= 4 is 11.9 Å². The van der Waals surface area contributed by atoms with Gasteiger partial charge in [0, 0.05) is 26.2 Å². The topological polar surface area (TPSA) is 56.7 Å². The van der Waals surface area contributed by atoms with Gasteiger partial charge in [0.05, 0.1) is 0 Å². The number of aliphatic imine (C=N–C) groups is 1. The van der Waals surface area contributed by atoms with Crippen molar-refractivity contribution in [2.24, 2.45) is 10.4 Å². The lowest BCUT2D eigenvalue weighted by Gasteiger charge is -2.44. The number of carbonyl (C=O) groups is 1. The van der Waals surface area contributed by atoms with Gasteiger partial charge in [0.15, 0.2) is 5.96 Å². The van der Waals surface area contributed by atoms with E-state index in [1.54, 1.807) is 0 Å². The highest BCUT2D eigenvalue weighted by Gasteiger charge is 2.36. The van der Waals surface area contributed by atoms with E-state index in [4.69, 9.17) is 0 Å². The standard InChI is InChI=1S/C18H34N4O/c1-3-19-16(23)14-21-17(20-4-2)22-13-9-12-18(15-22)10-7-5-6-8-11-18/h3-15H2,1-2H3,(H,19,23)(H,20,21). The maximum Gasteiger partial charge on any atom is 0.241 e. The number of rotatable bonds is 4. The maximum absolute atomic E-state index is 11.7. The molecule has 1 aliphatic heterocycles. The van der Waals surface area contributed by atoms with Crippen molar-refractivity contribution in [3.8, 4) is 0 Å². The Morgan fingerprint density at radius 2 is 1.65 bits per heavy atom. The van der Waals surface area contributed by atoms with Gasteiger partial charge >= 0.3 is 0 Å². The lowest BCUT2D eigenvalue weighted by atomic mass is 9.74. The van der Waals surface area contributed by atoms with Crippen LogP contribution in [0, 0.1) is 5.41 Å². The molecule has 0 aromatic carbocycles. The molecule has 2 rings (SSSR count). The Bertz CT molecular complexity index is 400. The number of nitrogens with zero attached hydrogens (tertiary/aromatic N) is 2. The number of hydrogen-bond acceptors (Lipinski definition) is 2. The molecular weight excluding hydrogens is 288 g/mol. The maximum atomic E-state index is 11.7. The van der Waals surface area contributed by atoms with E-state index in [1.165, 1.54) is 51.4 Å². The summed E-state index contributed by atoms with van der Waals surface area (Å²) in [5, 5.41) is 6.20. The van der Waals surface area contributed by atoms with Crippen LogP contribution in [-0.2, 0) is 4.79 Å². The number of guanidine groups is 1. The molecule has 2 N–H and O–H groups in total. The molecule has 0 atom stereocenters. The number of likely N-dealkylation sites (tertiary alicyclic amines) is 1. The van der Waals surface area contributed by atoms with Gasteiger partial charge in [0.25, 0.3) is 0 Å². The van der Waals surface area contributed by atoms with Crippen LogP contribution in [0.4, 0.5) is 0 Å². The SMILES string of the molecule is CCNC(=O)CN=C(NCC)N1CCCC2(CCCCCC2)C1. The largest absolute Gasteiger partial charge is 0.357 e. The Kier molecular flexibility index (Phi) is 7.18. The summed E-state index contributed by atoms with van der Waals surface area (Å²) in [4.78, 5) is 18.7. The minimum atomic E-state index is 0.00379. The zero-order valence-electron chi connectivity index (χ0n) is 15.0. The Morgan fingerprint density at radius 1 is 1.00 bits per heavy atom. The fraction of sp³-hybridized carbons (Fsp3) is 0.889. The number of piperidine rings is 1. The molecule has 2 aliphatic rings. The summed E-state index contributed by atoms with van der Waals surface area (Å²) in [7, 11) is 0. The molecule has 0 bridgehead atoms. The van der Waals surface area contributed by atoms with Crippen LogP contribution in [0.15, 0.2) is 4.99 Å². The van der Waals surface area contributed by atoms with Crippen LogP contribution in [-0.4, -0.2) is 49.5 Å². The average Bonchev–Trinajstić information content (AvgIpc) is 2.77. The minimum absolute atomic E-state index is 0.00379. The minimum Gasteiger partial charge on any atom is -0.357 e. The van der Waals surface area contributed by atoms with Crippen molar-refractivity contribution < 1.29 is 4.79 Å². The molecule has 1 spiro atoms.